The second kappa shape index (κ2) is 3.51. The molecular formula is C8H13NO2. The van der Waals surface area contributed by atoms with Crippen LogP contribution >= 0.6 is 0 Å². The van der Waals surface area contributed by atoms with Crippen LogP contribution in [0.25, 0.3) is 0 Å². The van der Waals surface area contributed by atoms with Crippen LogP contribution in [0.3, 0.4) is 0 Å². The molecule has 0 unspecified atom stereocenters. The van der Waals surface area contributed by atoms with Crippen LogP contribution < -0.4 is 5.32 Å². The summed E-state index contributed by atoms with van der Waals surface area (Å²) in [7, 11) is 0. The Morgan fingerprint density at radius 1 is 1.73 bits per heavy atom. The van der Waals surface area contributed by atoms with E-state index in [4.69, 9.17) is 0 Å². The number of rotatable bonds is 3. The van der Waals surface area contributed by atoms with E-state index < -0.39 is 0 Å². The Kier molecular flexibility index (Phi) is 2.63. The molecule has 1 saturated heterocycles. The number of carbonyl (C=O) groups is 2. The third-order valence-corrected chi connectivity index (χ3v) is 2.03. The van der Waals surface area contributed by atoms with Crippen LogP contribution in [0.15, 0.2) is 0 Å². The van der Waals surface area contributed by atoms with E-state index in [0.717, 1.165) is 13.0 Å². The van der Waals surface area contributed by atoms with Crippen molar-refractivity contribution in [1.82, 2.24) is 5.32 Å². The molecule has 0 bridgehead atoms. The van der Waals surface area contributed by atoms with Crippen LogP contribution in [0.2, 0.25) is 0 Å². The van der Waals surface area contributed by atoms with Gasteiger partial charge in [-0.2, -0.15) is 0 Å². The second-order valence-corrected chi connectivity index (χ2v) is 2.87. The number of ketones is 1. The van der Waals surface area contributed by atoms with Gasteiger partial charge in [0.1, 0.15) is 5.78 Å². The molecule has 0 aromatic rings. The Labute approximate surface area is 66.2 Å². The smallest absolute Gasteiger partial charge is 0.223 e. The van der Waals surface area contributed by atoms with Crippen molar-refractivity contribution in [3.05, 3.63) is 0 Å². The van der Waals surface area contributed by atoms with E-state index in [1.165, 1.54) is 0 Å². The van der Waals surface area contributed by atoms with Gasteiger partial charge >= 0.3 is 0 Å². The molecule has 1 fully saturated rings. The first-order chi connectivity index (χ1) is 5.24. The Morgan fingerprint density at radius 2 is 2.45 bits per heavy atom. The van der Waals surface area contributed by atoms with E-state index in [0.29, 0.717) is 12.8 Å². The van der Waals surface area contributed by atoms with Crippen molar-refractivity contribution in [3.8, 4) is 0 Å². The number of carbonyl (C=O) groups excluding carboxylic acids is 2. The van der Waals surface area contributed by atoms with Crippen LogP contribution in [0.4, 0.5) is 0 Å². The second-order valence-electron chi connectivity index (χ2n) is 2.87. The van der Waals surface area contributed by atoms with Gasteiger partial charge in [-0.15, -0.1) is 0 Å². The monoisotopic (exact) mass is 155 g/mol. The maximum absolute atomic E-state index is 11.0. The maximum atomic E-state index is 11.0. The Balaban J connectivity index is 2.36. The number of hydrogen-bond donors (Lipinski definition) is 1. The highest BCUT2D eigenvalue weighted by Crippen LogP contribution is 2.14. The van der Waals surface area contributed by atoms with Crippen LogP contribution in [0, 0.1) is 5.92 Å². The van der Waals surface area contributed by atoms with Crippen molar-refractivity contribution in [1.29, 1.82) is 0 Å². The van der Waals surface area contributed by atoms with Gasteiger partial charge in [0, 0.05) is 25.3 Å². The SMILES string of the molecule is CCC(=O)C[C@H]1CCNC1=O. The fourth-order valence-corrected chi connectivity index (χ4v) is 1.26. The summed E-state index contributed by atoms with van der Waals surface area (Å²) in [5, 5.41) is 2.71. The van der Waals surface area contributed by atoms with Gasteiger partial charge in [0.05, 0.1) is 0 Å². The molecule has 3 nitrogen and oxygen atoms in total. The summed E-state index contributed by atoms with van der Waals surface area (Å²) in [5.41, 5.74) is 0. The van der Waals surface area contributed by atoms with Gasteiger partial charge in [0.15, 0.2) is 0 Å². The minimum absolute atomic E-state index is 0.0394. The average Bonchev–Trinajstić information content (AvgIpc) is 2.37. The molecule has 1 N–H and O–H groups in total. The summed E-state index contributed by atoms with van der Waals surface area (Å²) in [5.74, 6) is 0.196. The first kappa shape index (κ1) is 8.24. The van der Waals surface area contributed by atoms with E-state index in [9.17, 15) is 9.59 Å². The van der Waals surface area contributed by atoms with Crippen LogP contribution in [0.1, 0.15) is 26.2 Å². The number of Topliss-reactive ketones (excluding diaryl/α,β-unsaturated/α-hetero) is 1. The molecular weight excluding hydrogens is 142 g/mol. The van der Waals surface area contributed by atoms with Gasteiger partial charge in [-0.25, -0.2) is 0 Å². The van der Waals surface area contributed by atoms with Crippen molar-refractivity contribution in [2.75, 3.05) is 6.54 Å². The first-order valence-corrected chi connectivity index (χ1v) is 4.03. The highest BCUT2D eigenvalue weighted by Gasteiger charge is 2.25. The van der Waals surface area contributed by atoms with Crippen molar-refractivity contribution >= 4 is 11.7 Å². The average molecular weight is 155 g/mol. The van der Waals surface area contributed by atoms with E-state index in [-0.39, 0.29) is 17.6 Å². The molecule has 0 saturated carbocycles. The van der Waals surface area contributed by atoms with Gasteiger partial charge in [-0.1, -0.05) is 6.92 Å². The highest BCUT2D eigenvalue weighted by molar-refractivity contribution is 5.87. The quantitative estimate of drug-likeness (QED) is 0.644. The molecule has 0 aromatic heterocycles. The van der Waals surface area contributed by atoms with Gasteiger partial charge in [0.25, 0.3) is 0 Å². The van der Waals surface area contributed by atoms with Gasteiger partial charge in [0.2, 0.25) is 5.91 Å². The molecule has 3 heteroatoms. The minimum Gasteiger partial charge on any atom is -0.356 e. The van der Waals surface area contributed by atoms with Crippen LogP contribution in [0.5, 0.6) is 0 Å². The maximum Gasteiger partial charge on any atom is 0.223 e. The molecule has 0 aromatic carbocycles. The fraction of sp³-hybridized carbons (Fsp3) is 0.750. The van der Waals surface area contributed by atoms with E-state index in [2.05, 4.69) is 5.32 Å². The zero-order chi connectivity index (χ0) is 8.27. The molecule has 1 amide bonds. The molecule has 0 spiro atoms. The standard InChI is InChI=1S/C8H13NO2/c1-2-7(10)5-6-3-4-9-8(6)11/h6H,2-5H2,1H3,(H,9,11)/t6-/m1/s1. The largest absolute Gasteiger partial charge is 0.356 e. The first-order valence-electron chi connectivity index (χ1n) is 4.03. The summed E-state index contributed by atoms with van der Waals surface area (Å²) < 4.78 is 0. The summed E-state index contributed by atoms with van der Waals surface area (Å²) >= 11 is 0. The lowest BCUT2D eigenvalue weighted by atomic mass is 10.0. The summed E-state index contributed by atoms with van der Waals surface area (Å²) in [6.07, 6.45) is 1.80. The lowest BCUT2D eigenvalue weighted by Crippen LogP contribution is -2.20. The van der Waals surface area contributed by atoms with Crippen molar-refractivity contribution < 1.29 is 9.59 Å². The number of nitrogens with one attached hydrogen (secondary N) is 1. The molecule has 0 radical (unpaired) electrons. The number of amides is 1. The zero-order valence-corrected chi connectivity index (χ0v) is 6.72. The van der Waals surface area contributed by atoms with Crippen molar-refractivity contribution in [2.45, 2.75) is 26.2 Å². The van der Waals surface area contributed by atoms with E-state index in [1.54, 1.807) is 0 Å². The van der Waals surface area contributed by atoms with Crippen LogP contribution in [-0.2, 0) is 9.59 Å². The third-order valence-electron chi connectivity index (χ3n) is 2.03. The van der Waals surface area contributed by atoms with Gasteiger partial charge in [-0.05, 0) is 6.42 Å². The summed E-state index contributed by atoms with van der Waals surface area (Å²) in [6, 6.07) is 0. The molecule has 62 valence electrons. The lowest BCUT2D eigenvalue weighted by molar-refractivity contribution is -0.127. The molecule has 1 aliphatic heterocycles. The van der Waals surface area contributed by atoms with Crippen molar-refractivity contribution in [3.63, 3.8) is 0 Å². The topological polar surface area (TPSA) is 46.2 Å². The number of hydrogen-bond acceptors (Lipinski definition) is 2. The Morgan fingerprint density at radius 3 is 2.91 bits per heavy atom. The normalized spacial score (nSPS) is 23.4. The van der Waals surface area contributed by atoms with Gasteiger partial charge in [-0.3, -0.25) is 9.59 Å². The van der Waals surface area contributed by atoms with Gasteiger partial charge < -0.3 is 5.32 Å². The lowest BCUT2D eigenvalue weighted by Gasteiger charge is -2.02. The molecule has 1 atom stereocenters. The van der Waals surface area contributed by atoms with Crippen LogP contribution in [-0.4, -0.2) is 18.2 Å². The Bertz CT molecular complexity index is 177. The summed E-state index contributed by atoms with van der Waals surface area (Å²) in [4.78, 5) is 21.9. The molecule has 11 heavy (non-hydrogen) atoms. The Hall–Kier alpha value is -0.860. The van der Waals surface area contributed by atoms with E-state index in [1.807, 2.05) is 6.92 Å². The van der Waals surface area contributed by atoms with E-state index >= 15 is 0 Å². The zero-order valence-electron chi connectivity index (χ0n) is 6.72. The minimum atomic E-state index is -0.0394. The van der Waals surface area contributed by atoms with Crippen molar-refractivity contribution in [2.24, 2.45) is 5.92 Å². The third kappa shape index (κ3) is 2.03. The molecule has 1 heterocycles. The fourth-order valence-electron chi connectivity index (χ4n) is 1.26. The molecule has 1 rings (SSSR count). The predicted molar refractivity (Wildman–Crippen MR) is 41.0 cm³/mol. The molecule has 0 aliphatic carbocycles. The highest BCUT2D eigenvalue weighted by atomic mass is 16.2. The summed E-state index contributed by atoms with van der Waals surface area (Å²) in [6.45, 7) is 2.57. The molecule has 1 aliphatic rings. The predicted octanol–water partition coefficient (Wildman–Crippen LogP) is 0.492.